The topological polar surface area (TPSA) is 84.5 Å². The number of hydrogen-bond donors (Lipinski definition) is 2. The molecular formula is C20H26N2O4S2. The van der Waals surface area contributed by atoms with Crippen molar-refractivity contribution in [3.05, 3.63) is 59.2 Å². The van der Waals surface area contributed by atoms with Crippen LogP contribution >= 0.6 is 11.8 Å². The van der Waals surface area contributed by atoms with Crippen molar-refractivity contribution >= 4 is 27.7 Å². The van der Waals surface area contributed by atoms with Gasteiger partial charge in [0, 0.05) is 24.6 Å². The van der Waals surface area contributed by atoms with E-state index in [-0.39, 0.29) is 16.4 Å². The molecule has 0 unspecified atom stereocenters. The molecule has 0 heterocycles. The first-order chi connectivity index (χ1) is 13.4. The van der Waals surface area contributed by atoms with Crippen LogP contribution in [0.15, 0.2) is 47.4 Å². The highest BCUT2D eigenvalue weighted by Crippen LogP contribution is 2.22. The van der Waals surface area contributed by atoms with Gasteiger partial charge >= 0.3 is 0 Å². The van der Waals surface area contributed by atoms with Crippen LogP contribution in [-0.4, -0.2) is 40.3 Å². The lowest BCUT2D eigenvalue weighted by Gasteiger charge is -2.12. The van der Waals surface area contributed by atoms with Crippen molar-refractivity contribution in [3.8, 4) is 5.75 Å². The third-order valence-electron chi connectivity index (χ3n) is 3.95. The smallest absolute Gasteiger partial charge is 0.255 e. The number of rotatable bonds is 10. The average Bonchev–Trinajstić information content (AvgIpc) is 2.67. The molecule has 2 aromatic carbocycles. The summed E-state index contributed by atoms with van der Waals surface area (Å²) in [7, 11) is -2.27. The number of methoxy groups -OCH3 is 1. The van der Waals surface area contributed by atoms with Gasteiger partial charge in [-0.3, -0.25) is 4.79 Å². The number of amides is 1. The molecule has 0 saturated heterocycles. The van der Waals surface area contributed by atoms with Crippen LogP contribution in [0.5, 0.6) is 5.75 Å². The lowest BCUT2D eigenvalue weighted by molar-refractivity contribution is 0.0952. The number of ether oxygens (including phenoxy) is 1. The van der Waals surface area contributed by atoms with E-state index in [1.165, 1.54) is 36.4 Å². The van der Waals surface area contributed by atoms with E-state index in [0.717, 1.165) is 5.75 Å². The van der Waals surface area contributed by atoms with E-state index < -0.39 is 10.0 Å². The molecular weight excluding hydrogens is 396 g/mol. The third kappa shape index (κ3) is 6.25. The maximum absolute atomic E-state index is 12.5. The number of hydrogen-bond acceptors (Lipinski definition) is 5. The van der Waals surface area contributed by atoms with E-state index in [1.807, 2.05) is 19.1 Å². The third-order valence-corrected chi connectivity index (χ3v) is 6.44. The minimum atomic E-state index is -3.71. The lowest BCUT2D eigenvalue weighted by Crippen LogP contribution is -2.27. The van der Waals surface area contributed by atoms with Gasteiger partial charge in [0.15, 0.2) is 0 Å². The standard InChI is InChI=1S/C20H26N2O4S2/c1-4-21-20(23)18-13-17(8-9-19(18)26-3)28(24,25)22-10-11-27-14-16-7-5-6-15(2)12-16/h5-9,12-13,22H,4,10-11,14H2,1-3H3,(H,21,23). The molecule has 2 rings (SSSR count). The second-order valence-electron chi connectivity index (χ2n) is 6.16. The molecule has 0 bridgehead atoms. The van der Waals surface area contributed by atoms with Crippen LogP contribution in [-0.2, 0) is 15.8 Å². The summed E-state index contributed by atoms with van der Waals surface area (Å²) in [5.41, 5.74) is 2.62. The van der Waals surface area contributed by atoms with Crippen molar-refractivity contribution < 1.29 is 17.9 Å². The van der Waals surface area contributed by atoms with Crippen LogP contribution in [0.4, 0.5) is 0 Å². The molecule has 0 spiro atoms. The highest BCUT2D eigenvalue weighted by Gasteiger charge is 2.19. The molecule has 28 heavy (non-hydrogen) atoms. The largest absolute Gasteiger partial charge is 0.496 e. The number of carbonyl (C=O) groups excluding carboxylic acids is 1. The fraction of sp³-hybridized carbons (Fsp3) is 0.350. The molecule has 0 aromatic heterocycles. The molecule has 2 aromatic rings. The second-order valence-corrected chi connectivity index (χ2v) is 9.03. The molecule has 0 aliphatic carbocycles. The average molecular weight is 423 g/mol. The first-order valence-electron chi connectivity index (χ1n) is 8.96. The van der Waals surface area contributed by atoms with E-state index in [0.29, 0.717) is 24.6 Å². The summed E-state index contributed by atoms with van der Waals surface area (Å²) in [5.74, 6) is 1.43. The van der Waals surface area contributed by atoms with Crippen LogP contribution in [0.1, 0.15) is 28.4 Å². The Bertz CT molecular complexity index is 914. The van der Waals surface area contributed by atoms with Crippen molar-refractivity contribution in [2.75, 3.05) is 26.0 Å². The summed E-state index contributed by atoms with van der Waals surface area (Å²) in [6, 6.07) is 12.5. The molecule has 6 nitrogen and oxygen atoms in total. The molecule has 0 aliphatic heterocycles. The number of aryl methyl sites for hydroxylation is 1. The van der Waals surface area contributed by atoms with Gasteiger partial charge in [-0.1, -0.05) is 29.8 Å². The zero-order valence-corrected chi connectivity index (χ0v) is 18.0. The highest BCUT2D eigenvalue weighted by molar-refractivity contribution is 7.98. The number of nitrogens with one attached hydrogen (secondary N) is 2. The van der Waals surface area contributed by atoms with Gasteiger partial charge < -0.3 is 10.1 Å². The molecule has 152 valence electrons. The van der Waals surface area contributed by atoms with Crippen LogP contribution in [0.2, 0.25) is 0 Å². The Kier molecular flexibility index (Phi) is 8.35. The zero-order chi connectivity index (χ0) is 20.6. The van der Waals surface area contributed by atoms with Crippen molar-refractivity contribution in [1.29, 1.82) is 0 Å². The quantitative estimate of drug-likeness (QED) is 0.575. The van der Waals surface area contributed by atoms with Gasteiger partial charge in [0.25, 0.3) is 5.91 Å². The second kappa shape index (κ2) is 10.5. The number of thioether (sulfide) groups is 1. The fourth-order valence-electron chi connectivity index (χ4n) is 2.61. The monoisotopic (exact) mass is 422 g/mol. The zero-order valence-electron chi connectivity index (χ0n) is 16.3. The van der Waals surface area contributed by atoms with Gasteiger partial charge in [0.1, 0.15) is 5.75 Å². The Balaban J connectivity index is 1.96. The van der Waals surface area contributed by atoms with Crippen molar-refractivity contribution in [1.82, 2.24) is 10.0 Å². The normalized spacial score (nSPS) is 11.2. The Hall–Kier alpha value is -2.03. The summed E-state index contributed by atoms with van der Waals surface area (Å²) < 4.78 is 32.9. The molecule has 0 fully saturated rings. The maximum atomic E-state index is 12.5. The van der Waals surface area contributed by atoms with Crippen LogP contribution < -0.4 is 14.8 Å². The van der Waals surface area contributed by atoms with E-state index >= 15 is 0 Å². The highest BCUT2D eigenvalue weighted by atomic mass is 32.2. The molecule has 0 aliphatic rings. The summed E-state index contributed by atoms with van der Waals surface area (Å²) in [6.45, 7) is 4.59. The molecule has 0 saturated carbocycles. The molecule has 2 N–H and O–H groups in total. The summed E-state index contributed by atoms with van der Waals surface area (Å²) >= 11 is 1.66. The fourth-order valence-corrected chi connectivity index (χ4v) is 4.60. The molecule has 0 atom stereocenters. The van der Waals surface area contributed by atoms with Crippen molar-refractivity contribution in [3.63, 3.8) is 0 Å². The Labute approximate surface area is 171 Å². The van der Waals surface area contributed by atoms with Gasteiger partial charge in [-0.05, 0) is 37.6 Å². The Morgan fingerprint density at radius 2 is 1.96 bits per heavy atom. The summed E-state index contributed by atoms with van der Waals surface area (Å²) in [6.07, 6.45) is 0. The predicted molar refractivity (Wildman–Crippen MR) is 114 cm³/mol. The van der Waals surface area contributed by atoms with Gasteiger partial charge in [0.05, 0.1) is 17.6 Å². The van der Waals surface area contributed by atoms with E-state index in [2.05, 4.69) is 22.2 Å². The van der Waals surface area contributed by atoms with Crippen LogP contribution in [0, 0.1) is 6.92 Å². The molecule has 0 radical (unpaired) electrons. The molecule has 8 heteroatoms. The van der Waals surface area contributed by atoms with Gasteiger partial charge in [0.2, 0.25) is 10.0 Å². The van der Waals surface area contributed by atoms with Crippen LogP contribution in [0.25, 0.3) is 0 Å². The van der Waals surface area contributed by atoms with Gasteiger partial charge in [-0.2, -0.15) is 11.8 Å². The SMILES string of the molecule is CCNC(=O)c1cc(S(=O)(=O)NCCSCc2cccc(C)c2)ccc1OC. The lowest BCUT2D eigenvalue weighted by atomic mass is 10.2. The maximum Gasteiger partial charge on any atom is 0.255 e. The van der Waals surface area contributed by atoms with Crippen LogP contribution in [0.3, 0.4) is 0 Å². The number of sulfonamides is 1. The first-order valence-corrected chi connectivity index (χ1v) is 11.6. The van der Waals surface area contributed by atoms with E-state index in [4.69, 9.17) is 4.74 Å². The minimum absolute atomic E-state index is 0.0400. The van der Waals surface area contributed by atoms with E-state index in [1.54, 1.807) is 18.7 Å². The molecule has 1 amide bonds. The number of benzene rings is 2. The van der Waals surface area contributed by atoms with Crippen molar-refractivity contribution in [2.24, 2.45) is 0 Å². The minimum Gasteiger partial charge on any atom is -0.496 e. The van der Waals surface area contributed by atoms with E-state index in [9.17, 15) is 13.2 Å². The summed E-state index contributed by atoms with van der Waals surface area (Å²) in [4.78, 5) is 12.2. The Morgan fingerprint density at radius 3 is 2.64 bits per heavy atom. The van der Waals surface area contributed by atoms with Gasteiger partial charge in [-0.25, -0.2) is 13.1 Å². The first kappa shape index (κ1) is 22.3. The predicted octanol–water partition coefficient (Wildman–Crippen LogP) is 2.97. The van der Waals surface area contributed by atoms with Gasteiger partial charge in [-0.15, -0.1) is 0 Å². The number of carbonyl (C=O) groups is 1. The Morgan fingerprint density at radius 1 is 1.18 bits per heavy atom. The summed E-state index contributed by atoms with van der Waals surface area (Å²) in [5, 5.41) is 2.66. The van der Waals surface area contributed by atoms with Crippen molar-refractivity contribution in [2.45, 2.75) is 24.5 Å².